The molecule has 1 saturated carbocycles. The number of methoxy groups -OCH3 is 1. The number of hydrogen-bond donors (Lipinski definition) is 0. The van der Waals surface area contributed by atoms with Crippen molar-refractivity contribution in [2.45, 2.75) is 52.5 Å². The Bertz CT molecular complexity index is 697. The molecule has 1 aliphatic rings. The second-order valence-electron chi connectivity index (χ2n) is 6.94. The van der Waals surface area contributed by atoms with Gasteiger partial charge in [-0.05, 0) is 30.9 Å². The number of carbonyl (C=O) groups is 1. The lowest BCUT2D eigenvalue weighted by Gasteiger charge is -2.21. The smallest absolute Gasteiger partial charge is 0.186 e. The Hall–Kier alpha value is -1.84. The highest BCUT2D eigenvalue weighted by Gasteiger charge is 2.22. The fourth-order valence-corrected chi connectivity index (χ4v) is 3.49. The van der Waals surface area contributed by atoms with E-state index in [9.17, 15) is 4.79 Å². The van der Waals surface area contributed by atoms with Gasteiger partial charge in [-0.3, -0.25) is 9.48 Å². The van der Waals surface area contributed by atoms with Crippen molar-refractivity contribution in [2.24, 2.45) is 11.8 Å². The summed E-state index contributed by atoms with van der Waals surface area (Å²) in [5.41, 5.74) is 1.62. The molecule has 1 aromatic carbocycles. The highest BCUT2D eigenvalue weighted by Crippen LogP contribution is 2.29. The fraction of sp³-hybridized carbons (Fsp3) is 0.579. The maximum Gasteiger partial charge on any atom is 0.186 e. The van der Waals surface area contributed by atoms with Crippen molar-refractivity contribution < 1.29 is 9.53 Å². The van der Waals surface area contributed by atoms with E-state index in [4.69, 9.17) is 9.84 Å². The van der Waals surface area contributed by atoms with Crippen LogP contribution in [0.25, 0.3) is 10.9 Å². The lowest BCUT2D eigenvalue weighted by Crippen LogP contribution is -2.16. The molecular formula is C19H26N2O2. The Morgan fingerprint density at radius 3 is 2.70 bits per heavy atom. The van der Waals surface area contributed by atoms with Gasteiger partial charge in [0.2, 0.25) is 0 Å². The number of Topliss-reactive ketones (excluding diaryl/α,β-unsaturated/α-hetero) is 1. The third kappa shape index (κ3) is 3.26. The number of rotatable bonds is 5. The first kappa shape index (κ1) is 16.0. The lowest BCUT2D eigenvalue weighted by molar-refractivity contribution is 0.0934. The molecule has 4 nitrogen and oxygen atoms in total. The van der Waals surface area contributed by atoms with E-state index in [1.54, 1.807) is 7.11 Å². The maximum absolute atomic E-state index is 12.5. The molecule has 1 aromatic heterocycles. The predicted molar refractivity (Wildman–Crippen MR) is 92.0 cm³/mol. The van der Waals surface area contributed by atoms with Crippen LogP contribution in [0, 0.1) is 11.8 Å². The molecule has 0 bridgehead atoms. The van der Waals surface area contributed by atoms with Gasteiger partial charge in [0.15, 0.2) is 5.78 Å². The average Bonchev–Trinajstić information content (AvgIpc) is 2.92. The molecule has 0 radical (unpaired) electrons. The molecule has 0 unspecified atom stereocenters. The molecule has 0 atom stereocenters. The number of ketones is 1. The molecule has 0 aliphatic heterocycles. The molecule has 124 valence electrons. The summed E-state index contributed by atoms with van der Waals surface area (Å²) in [6, 6.07) is 5.88. The Morgan fingerprint density at radius 2 is 2.04 bits per heavy atom. The quantitative estimate of drug-likeness (QED) is 0.765. The van der Waals surface area contributed by atoms with E-state index in [2.05, 4.69) is 0 Å². The van der Waals surface area contributed by atoms with Gasteiger partial charge in [0.1, 0.15) is 11.4 Å². The number of fused-ring (bicyclic) bond motifs is 1. The summed E-state index contributed by atoms with van der Waals surface area (Å²) < 4.78 is 7.39. The van der Waals surface area contributed by atoms with Crippen molar-refractivity contribution in [3.63, 3.8) is 0 Å². The summed E-state index contributed by atoms with van der Waals surface area (Å²) in [7, 11) is 1.67. The Labute approximate surface area is 137 Å². The second kappa shape index (κ2) is 6.73. The van der Waals surface area contributed by atoms with Crippen molar-refractivity contribution in [1.82, 2.24) is 9.78 Å². The van der Waals surface area contributed by atoms with E-state index in [0.29, 0.717) is 11.6 Å². The van der Waals surface area contributed by atoms with Crippen LogP contribution in [0.15, 0.2) is 18.2 Å². The minimum absolute atomic E-state index is 0.0432. The molecule has 0 spiro atoms. The van der Waals surface area contributed by atoms with E-state index in [1.807, 2.05) is 36.7 Å². The molecule has 1 heterocycles. The zero-order valence-electron chi connectivity index (χ0n) is 14.3. The SMILES string of the molecule is COc1ccc2c(C(=O)C(C)C)nn(CC3CCCCC3)c2c1. The van der Waals surface area contributed by atoms with E-state index >= 15 is 0 Å². The average molecular weight is 314 g/mol. The molecule has 1 fully saturated rings. The molecule has 0 saturated heterocycles. The first-order valence-electron chi connectivity index (χ1n) is 8.69. The first-order chi connectivity index (χ1) is 11.1. The van der Waals surface area contributed by atoms with E-state index in [-0.39, 0.29) is 11.7 Å². The van der Waals surface area contributed by atoms with Gasteiger partial charge < -0.3 is 4.74 Å². The van der Waals surface area contributed by atoms with Crippen LogP contribution in [0.4, 0.5) is 0 Å². The van der Waals surface area contributed by atoms with Gasteiger partial charge in [0.05, 0.1) is 12.6 Å². The number of nitrogens with zero attached hydrogens (tertiary/aromatic N) is 2. The van der Waals surface area contributed by atoms with Crippen LogP contribution in [-0.4, -0.2) is 22.7 Å². The number of aromatic nitrogens is 2. The zero-order valence-corrected chi connectivity index (χ0v) is 14.3. The molecule has 2 aromatic rings. The summed E-state index contributed by atoms with van der Waals surface area (Å²) in [5.74, 6) is 1.55. The van der Waals surface area contributed by atoms with Gasteiger partial charge in [0.25, 0.3) is 0 Å². The van der Waals surface area contributed by atoms with Crippen LogP contribution >= 0.6 is 0 Å². The number of ether oxygens (including phenoxy) is 1. The van der Waals surface area contributed by atoms with Crippen LogP contribution in [0.2, 0.25) is 0 Å². The minimum Gasteiger partial charge on any atom is -0.497 e. The predicted octanol–water partition coefficient (Wildman–Crippen LogP) is 4.46. The number of carbonyl (C=O) groups excluding carboxylic acids is 1. The third-order valence-electron chi connectivity index (χ3n) is 4.87. The summed E-state index contributed by atoms with van der Waals surface area (Å²) >= 11 is 0. The molecule has 0 N–H and O–H groups in total. The zero-order chi connectivity index (χ0) is 16.4. The van der Waals surface area contributed by atoms with Crippen molar-refractivity contribution in [1.29, 1.82) is 0 Å². The van der Waals surface area contributed by atoms with Crippen LogP contribution in [0.3, 0.4) is 0 Å². The first-order valence-corrected chi connectivity index (χ1v) is 8.69. The van der Waals surface area contributed by atoms with E-state index in [1.165, 1.54) is 32.1 Å². The molecule has 4 heteroatoms. The topological polar surface area (TPSA) is 44.1 Å². The van der Waals surface area contributed by atoms with Crippen LogP contribution in [-0.2, 0) is 6.54 Å². The van der Waals surface area contributed by atoms with E-state index < -0.39 is 0 Å². The lowest BCUT2D eigenvalue weighted by atomic mass is 9.89. The normalized spacial score (nSPS) is 16.2. The van der Waals surface area contributed by atoms with Gasteiger partial charge >= 0.3 is 0 Å². The summed E-state index contributed by atoms with van der Waals surface area (Å²) in [5, 5.41) is 5.64. The van der Waals surface area contributed by atoms with Gasteiger partial charge in [-0.1, -0.05) is 33.1 Å². The highest BCUT2D eigenvalue weighted by molar-refractivity contribution is 6.07. The molecular weight excluding hydrogens is 288 g/mol. The van der Waals surface area contributed by atoms with Crippen molar-refractivity contribution in [2.75, 3.05) is 7.11 Å². The highest BCUT2D eigenvalue weighted by atomic mass is 16.5. The number of benzene rings is 1. The van der Waals surface area contributed by atoms with Gasteiger partial charge in [-0.15, -0.1) is 0 Å². The van der Waals surface area contributed by atoms with Crippen molar-refractivity contribution in [3.8, 4) is 5.75 Å². The molecule has 3 rings (SSSR count). The van der Waals surface area contributed by atoms with Crippen molar-refractivity contribution in [3.05, 3.63) is 23.9 Å². The third-order valence-corrected chi connectivity index (χ3v) is 4.87. The summed E-state index contributed by atoms with van der Waals surface area (Å²) in [6.45, 7) is 4.75. The molecule has 23 heavy (non-hydrogen) atoms. The summed E-state index contributed by atoms with van der Waals surface area (Å²) in [6.07, 6.45) is 6.49. The van der Waals surface area contributed by atoms with Crippen LogP contribution in [0.5, 0.6) is 5.75 Å². The molecule has 1 aliphatic carbocycles. The Kier molecular flexibility index (Phi) is 4.69. The van der Waals surface area contributed by atoms with E-state index in [0.717, 1.165) is 23.2 Å². The molecule has 0 amide bonds. The minimum atomic E-state index is -0.0432. The Balaban J connectivity index is 2.02. The van der Waals surface area contributed by atoms with Crippen LogP contribution < -0.4 is 4.74 Å². The van der Waals surface area contributed by atoms with Crippen molar-refractivity contribution >= 4 is 16.7 Å². The summed E-state index contributed by atoms with van der Waals surface area (Å²) in [4.78, 5) is 12.5. The monoisotopic (exact) mass is 314 g/mol. The second-order valence-corrected chi connectivity index (χ2v) is 6.94. The maximum atomic E-state index is 12.5. The number of hydrogen-bond acceptors (Lipinski definition) is 3. The van der Waals surface area contributed by atoms with Gasteiger partial charge in [-0.2, -0.15) is 5.10 Å². The van der Waals surface area contributed by atoms with Gasteiger partial charge in [0, 0.05) is 23.9 Å². The Morgan fingerprint density at radius 1 is 1.30 bits per heavy atom. The largest absolute Gasteiger partial charge is 0.497 e. The fourth-order valence-electron chi connectivity index (χ4n) is 3.49. The van der Waals surface area contributed by atoms with Crippen LogP contribution in [0.1, 0.15) is 56.4 Å². The standard InChI is InChI=1S/C19H26N2O2/c1-13(2)19(22)18-16-10-9-15(23-3)11-17(16)21(20-18)12-14-7-5-4-6-8-14/h9-11,13-14H,4-8,12H2,1-3H3. The van der Waals surface area contributed by atoms with Gasteiger partial charge in [-0.25, -0.2) is 0 Å².